The average molecular weight is 136 g/mol. The van der Waals surface area contributed by atoms with Crippen LogP contribution in [0.1, 0.15) is 13.8 Å². The van der Waals surface area contributed by atoms with E-state index in [4.69, 9.17) is 15.9 Å². The van der Waals surface area contributed by atoms with Gasteiger partial charge < -0.3 is 0 Å². The summed E-state index contributed by atoms with van der Waals surface area (Å²) in [6.07, 6.45) is 0. The monoisotopic (exact) mass is 135 g/mol. The summed E-state index contributed by atoms with van der Waals surface area (Å²) in [5.74, 6) is 0. The molecule has 3 heteroatoms. The van der Waals surface area contributed by atoms with Crippen LogP contribution < -0.4 is 0 Å². The van der Waals surface area contributed by atoms with Crippen LogP contribution in [0, 0.1) is 11.3 Å². The van der Waals surface area contributed by atoms with E-state index >= 15 is 0 Å². The molecule has 0 amide bonds. The lowest BCUT2D eigenvalue weighted by molar-refractivity contribution is 0.922. The van der Waals surface area contributed by atoms with E-state index in [0.29, 0.717) is 0 Å². The average Bonchev–Trinajstić information content (AvgIpc) is 1.68. The van der Waals surface area contributed by atoms with E-state index in [9.17, 15) is 0 Å². The lowest BCUT2D eigenvalue weighted by Gasteiger charge is -2.05. The van der Waals surface area contributed by atoms with Crippen LogP contribution in [0.4, 0.5) is 0 Å². The van der Waals surface area contributed by atoms with Crippen molar-refractivity contribution in [2.45, 2.75) is 18.6 Å². The van der Waals surface area contributed by atoms with Crippen LogP contribution in [0.25, 0.3) is 0 Å². The van der Waals surface area contributed by atoms with Crippen LogP contribution in [-0.4, -0.2) is 4.75 Å². The first-order valence-electron chi connectivity index (χ1n) is 1.83. The Morgan fingerprint density at radius 1 is 1.71 bits per heavy atom. The van der Waals surface area contributed by atoms with Crippen molar-refractivity contribution in [3.63, 3.8) is 0 Å². The minimum Gasteiger partial charge on any atom is -0.197 e. The van der Waals surface area contributed by atoms with E-state index in [0.717, 1.165) is 11.0 Å². The quantitative estimate of drug-likeness (QED) is 0.550. The Morgan fingerprint density at radius 3 is 2.14 bits per heavy atom. The molecule has 0 aliphatic carbocycles. The molecule has 0 aliphatic heterocycles. The molecule has 0 saturated heterocycles. The summed E-state index contributed by atoms with van der Waals surface area (Å²) in [6.45, 7) is 3.54. The molecule has 0 bridgehead atoms. The SMILES string of the molecule is CC(C)(C#N)SCl. The van der Waals surface area contributed by atoms with Crippen molar-refractivity contribution in [1.82, 2.24) is 0 Å². The van der Waals surface area contributed by atoms with Crippen LogP contribution in [0.15, 0.2) is 0 Å². The fraction of sp³-hybridized carbons (Fsp3) is 0.750. The first kappa shape index (κ1) is 7.13. The Labute approximate surface area is 52.2 Å². The third-order valence-corrected chi connectivity index (χ3v) is 2.10. The van der Waals surface area contributed by atoms with Gasteiger partial charge in [-0.1, -0.05) is 0 Å². The molecule has 0 heterocycles. The van der Waals surface area contributed by atoms with Gasteiger partial charge in [-0.2, -0.15) is 5.26 Å². The maximum atomic E-state index is 8.24. The van der Waals surface area contributed by atoms with Crippen molar-refractivity contribution in [3.8, 4) is 6.07 Å². The number of hydrogen-bond acceptors (Lipinski definition) is 2. The maximum absolute atomic E-state index is 8.24. The Morgan fingerprint density at radius 2 is 2.14 bits per heavy atom. The zero-order valence-electron chi connectivity index (χ0n) is 4.23. The molecule has 0 N–H and O–H groups in total. The summed E-state index contributed by atoms with van der Waals surface area (Å²) in [7, 11) is 6.33. The Hall–Kier alpha value is 0.130. The second kappa shape index (κ2) is 2.44. The van der Waals surface area contributed by atoms with Crippen LogP contribution >= 0.6 is 21.7 Å². The van der Waals surface area contributed by atoms with Gasteiger partial charge in [0, 0.05) is 0 Å². The molecule has 40 valence electrons. The minimum atomic E-state index is -0.429. The minimum absolute atomic E-state index is 0.429. The van der Waals surface area contributed by atoms with E-state index in [2.05, 4.69) is 0 Å². The lowest BCUT2D eigenvalue weighted by atomic mass is 10.2. The van der Waals surface area contributed by atoms with Gasteiger partial charge in [0.05, 0.1) is 6.07 Å². The van der Waals surface area contributed by atoms with E-state index in [1.54, 1.807) is 13.8 Å². The summed E-state index contributed by atoms with van der Waals surface area (Å²) in [5.41, 5.74) is 0. The predicted octanol–water partition coefficient (Wildman–Crippen LogP) is 2.18. The molecule has 0 unspecified atom stereocenters. The number of nitriles is 1. The molecule has 0 rings (SSSR count). The fourth-order valence-electron chi connectivity index (χ4n) is 0.0173. The third-order valence-electron chi connectivity index (χ3n) is 0.462. The van der Waals surface area contributed by atoms with E-state index in [1.165, 1.54) is 0 Å². The van der Waals surface area contributed by atoms with Crippen molar-refractivity contribution in [2.75, 3.05) is 0 Å². The number of hydrogen-bond donors (Lipinski definition) is 0. The van der Waals surface area contributed by atoms with Gasteiger partial charge in [-0.3, -0.25) is 0 Å². The van der Waals surface area contributed by atoms with Gasteiger partial charge in [0.15, 0.2) is 0 Å². The lowest BCUT2D eigenvalue weighted by Crippen LogP contribution is -2.06. The van der Waals surface area contributed by atoms with Crippen molar-refractivity contribution in [3.05, 3.63) is 0 Å². The van der Waals surface area contributed by atoms with Crippen molar-refractivity contribution < 1.29 is 0 Å². The van der Waals surface area contributed by atoms with Gasteiger partial charge in [-0.05, 0) is 35.5 Å². The highest BCUT2D eigenvalue weighted by Crippen LogP contribution is 2.26. The van der Waals surface area contributed by atoms with Gasteiger partial charge in [0.2, 0.25) is 0 Å². The first-order valence-corrected chi connectivity index (χ1v) is 3.47. The summed E-state index contributed by atoms with van der Waals surface area (Å²) in [5, 5.41) is 8.24. The summed E-state index contributed by atoms with van der Waals surface area (Å²) < 4.78 is -0.429. The second-order valence-corrected chi connectivity index (χ2v) is 3.34. The molecular formula is C4H6ClNS. The highest BCUT2D eigenvalue weighted by Gasteiger charge is 2.14. The zero-order valence-corrected chi connectivity index (χ0v) is 5.81. The molecule has 0 fully saturated rings. The molecule has 0 aromatic rings. The van der Waals surface area contributed by atoms with Crippen LogP contribution in [0.2, 0.25) is 0 Å². The summed E-state index contributed by atoms with van der Waals surface area (Å²) in [4.78, 5) is 0. The van der Waals surface area contributed by atoms with Gasteiger partial charge in [-0.15, -0.1) is 0 Å². The molecule has 0 spiro atoms. The number of rotatable bonds is 1. The number of nitrogens with zero attached hydrogens (tertiary/aromatic N) is 1. The molecular weight excluding hydrogens is 130 g/mol. The van der Waals surface area contributed by atoms with Crippen molar-refractivity contribution >= 4 is 21.7 Å². The first-order chi connectivity index (χ1) is 3.12. The topological polar surface area (TPSA) is 23.8 Å². The highest BCUT2D eigenvalue weighted by molar-refractivity contribution is 8.22. The third kappa shape index (κ3) is 2.78. The summed E-state index contributed by atoms with van der Waals surface area (Å²) >= 11 is 0. The second-order valence-electron chi connectivity index (χ2n) is 1.70. The van der Waals surface area contributed by atoms with Crippen LogP contribution in [0.3, 0.4) is 0 Å². The van der Waals surface area contributed by atoms with E-state index in [-0.39, 0.29) is 0 Å². The van der Waals surface area contributed by atoms with Crippen LogP contribution in [-0.2, 0) is 0 Å². The largest absolute Gasteiger partial charge is 0.197 e. The van der Waals surface area contributed by atoms with E-state index in [1.807, 2.05) is 6.07 Å². The molecule has 0 aromatic carbocycles. The van der Waals surface area contributed by atoms with Gasteiger partial charge in [-0.25, -0.2) is 0 Å². The smallest absolute Gasteiger partial charge is 0.112 e. The Bertz CT molecular complexity index is 94.4. The summed E-state index contributed by atoms with van der Waals surface area (Å²) in [6, 6.07) is 2.02. The normalized spacial score (nSPS) is 10.6. The standard InChI is InChI=1S/C4H6ClNS/c1-4(2,3-6)7-5/h1-2H3. The molecule has 1 nitrogen and oxygen atoms in total. The van der Waals surface area contributed by atoms with Crippen LogP contribution in [0.5, 0.6) is 0 Å². The van der Waals surface area contributed by atoms with Gasteiger partial charge in [0.1, 0.15) is 4.75 Å². The number of halogens is 1. The molecule has 0 aromatic heterocycles. The Balaban J connectivity index is 3.66. The van der Waals surface area contributed by atoms with Crippen molar-refractivity contribution in [1.29, 1.82) is 5.26 Å². The van der Waals surface area contributed by atoms with Crippen molar-refractivity contribution in [2.24, 2.45) is 0 Å². The fourth-order valence-corrected chi connectivity index (χ4v) is 0.155. The Kier molecular flexibility index (Phi) is 2.49. The predicted molar refractivity (Wildman–Crippen MR) is 33.1 cm³/mol. The molecule has 0 atom stereocenters. The van der Waals surface area contributed by atoms with Gasteiger partial charge in [0.25, 0.3) is 0 Å². The highest BCUT2D eigenvalue weighted by atomic mass is 35.7. The maximum Gasteiger partial charge on any atom is 0.112 e. The molecule has 7 heavy (non-hydrogen) atoms. The molecule has 0 radical (unpaired) electrons. The van der Waals surface area contributed by atoms with Gasteiger partial charge >= 0.3 is 0 Å². The molecule has 0 saturated carbocycles. The van der Waals surface area contributed by atoms with E-state index < -0.39 is 4.75 Å². The zero-order chi connectivity index (χ0) is 5.91. The molecule has 0 aliphatic rings.